The lowest BCUT2D eigenvalue weighted by Gasteiger charge is -2.33. The Morgan fingerprint density at radius 1 is 1.17 bits per heavy atom. The summed E-state index contributed by atoms with van der Waals surface area (Å²) in [6.07, 6.45) is 1.66. The molecule has 0 saturated heterocycles. The van der Waals surface area contributed by atoms with E-state index in [-0.39, 0.29) is 0 Å². The maximum Gasteiger partial charge on any atom is 0.192 e. The first-order valence-electron chi connectivity index (χ1n) is 5.10. The molecule has 12 heavy (non-hydrogen) atoms. The third-order valence-electron chi connectivity index (χ3n) is 2.47. The van der Waals surface area contributed by atoms with Gasteiger partial charge in [-0.25, -0.2) is 0 Å². The lowest BCUT2D eigenvalue weighted by Crippen LogP contribution is -2.40. The van der Waals surface area contributed by atoms with Gasteiger partial charge >= 0.3 is 0 Å². The third kappa shape index (κ3) is 3.72. The summed E-state index contributed by atoms with van der Waals surface area (Å²) in [6, 6.07) is 1.29. The topological polar surface area (TPSA) is 9.23 Å². The standard InChI is InChI=1S/C10H24OSi/c1-7-8-12(6,10(4)5)11-9(2)3/h9-10H,7-8H2,1-6H3. The quantitative estimate of drug-likeness (QED) is 0.596. The van der Waals surface area contributed by atoms with E-state index in [2.05, 4.69) is 41.2 Å². The molecule has 0 radical (unpaired) electrons. The summed E-state index contributed by atoms with van der Waals surface area (Å²) in [5.41, 5.74) is 0.736. The van der Waals surface area contributed by atoms with Gasteiger partial charge in [-0.05, 0) is 32.0 Å². The van der Waals surface area contributed by atoms with Gasteiger partial charge in [0.2, 0.25) is 0 Å². The molecule has 0 rings (SSSR count). The van der Waals surface area contributed by atoms with E-state index in [1.165, 1.54) is 12.5 Å². The van der Waals surface area contributed by atoms with Crippen molar-refractivity contribution in [2.75, 3.05) is 0 Å². The molecule has 2 heteroatoms. The molecule has 1 nitrogen and oxygen atoms in total. The zero-order valence-electron chi connectivity index (χ0n) is 9.48. The second-order valence-electron chi connectivity index (χ2n) is 4.38. The fraction of sp³-hybridized carbons (Fsp3) is 1.00. The van der Waals surface area contributed by atoms with Crippen molar-refractivity contribution in [1.82, 2.24) is 0 Å². The van der Waals surface area contributed by atoms with Crippen LogP contribution in [-0.4, -0.2) is 14.4 Å². The first kappa shape index (κ1) is 12.2. The highest BCUT2D eigenvalue weighted by Gasteiger charge is 2.32. The highest BCUT2D eigenvalue weighted by atomic mass is 28.4. The zero-order valence-corrected chi connectivity index (χ0v) is 10.5. The lowest BCUT2D eigenvalue weighted by molar-refractivity contribution is 0.223. The lowest BCUT2D eigenvalue weighted by atomic mass is 10.5. The van der Waals surface area contributed by atoms with E-state index < -0.39 is 8.32 Å². The first-order valence-corrected chi connectivity index (χ1v) is 7.79. The second-order valence-corrected chi connectivity index (χ2v) is 8.90. The maximum absolute atomic E-state index is 6.08. The van der Waals surface area contributed by atoms with E-state index >= 15 is 0 Å². The molecule has 0 aromatic heterocycles. The van der Waals surface area contributed by atoms with Crippen molar-refractivity contribution in [2.24, 2.45) is 0 Å². The van der Waals surface area contributed by atoms with Gasteiger partial charge in [-0.15, -0.1) is 0 Å². The minimum absolute atomic E-state index is 0.399. The van der Waals surface area contributed by atoms with E-state index in [9.17, 15) is 0 Å². The Morgan fingerprint density at radius 2 is 1.67 bits per heavy atom. The Labute approximate surface area is 78.6 Å². The molecule has 0 aliphatic carbocycles. The molecule has 0 heterocycles. The minimum atomic E-state index is -1.39. The van der Waals surface area contributed by atoms with E-state index in [4.69, 9.17) is 4.43 Å². The van der Waals surface area contributed by atoms with Gasteiger partial charge in [0.1, 0.15) is 0 Å². The number of hydrogen-bond acceptors (Lipinski definition) is 1. The van der Waals surface area contributed by atoms with Crippen molar-refractivity contribution in [3.05, 3.63) is 0 Å². The molecule has 0 amide bonds. The van der Waals surface area contributed by atoms with Gasteiger partial charge in [0.05, 0.1) is 0 Å². The maximum atomic E-state index is 6.08. The molecule has 0 aromatic carbocycles. The molecule has 74 valence electrons. The average Bonchev–Trinajstić information content (AvgIpc) is 1.85. The average molecular weight is 188 g/mol. The molecule has 1 unspecified atom stereocenters. The van der Waals surface area contributed by atoms with Crippen LogP contribution in [0.5, 0.6) is 0 Å². The molecule has 0 aliphatic rings. The first-order chi connectivity index (χ1) is 5.42. The van der Waals surface area contributed by atoms with Gasteiger partial charge in [-0.3, -0.25) is 0 Å². The molecular formula is C10H24OSi. The smallest absolute Gasteiger partial charge is 0.192 e. The normalized spacial score (nSPS) is 17.0. The Kier molecular flexibility index (Phi) is 5.10. The summed E-state index contributed by atoms with van der Waals surface area (Å²) in [4.78, 5) is 0. The van der Waals surface area contributed by atoms with Crippen LogP contribution in [0.15, 0.2) is 0 Å². The van der Waals surface area contributed by atoms with Gasteiger partial charge in [0, 0.05) is 6.10 Å². The fourth-order valence-electron chi connectivity index (χ4n) is 1.52. The predicted octanol–water partition coefficient (Wildman–Crippen LogP) is 3.81. The van der Waals surface area contributed by atoms with Crippen LogP contribution in [-0.2, 0) is 4.43 Å². The summed E-state index contributed by atoms with van der Waals surface area (Å²) in [5.74, 6) is 0. The van der Waals surface area contributed by atoms with Crippen LogP contribution >= 0.6 is 0 Å². The predicted molar refractivity (Wildman–Crippen MR) is 58.0 cm³/mol. The summed E-state index contributed by atoms with van der Waals surface area (Å²) in [7, 11) is -1.39. The fourth-order valence-corrected chi connectivity index (χ4v) is 4.56. The van der Waals surface area contributed by atoms with E-state index in [1.54, 1.807) is 0 Å². The van der Waals surface area contributed by atoms with Crippen molar-refractivity contribution in [3.63, 3.8) is 0 Å². The molecule has 0 fully saturated rings. The Morgan fingerprint density at radius 3 is 1.92 bits per heavy atom. The highest BCUT2D eigenvalue weighted by Crippen LogP contribution is 2.28. The Bertz CT molecular complexity index is 123. The van der Waals surface area contributed by atoms with Crippen molar-refractivity contribution >= 4 is 8.32 Å². The van der Waals surface area contributed by atoms with Crippen LogP contribution in [0.1, 0.15) is 41.0 Å². The van der Waals surface area contributed by atoms with Gasteiger partial charge in [-0.2, -0.15) is 0 Å². The zero-order chi connectivity index (χ0) is 9.78. The highest BCUT2D eigenvalue weighted by molar-refractivity contribution is 6.73. The monoisotopic (exact) mass is 188 g/mol. The van der Waals surface area contributed by atoms with E-state index in [0.29, 0.717) is 6.10 Å². The molecule has 0 aromatic rings. The van der Waals surface area contributed by atoms with Gasteiger partial charge in [-0.1, -0.05) is 27.2 Å². The number of hydrogen-bond donors (Lipinski definition) is 0. The molecule has 0 spiro atoms. The van der Waals surface area contributed by atoms with Crippen LogP contribution in [0.3, 0.4) is 0 Å². The summed E-state index contributed by atoms with van der Waals surface area (Å²) < 4.78 is 6.08. The van der Waals surface area contributed by atoms with Crippen molar-refractivity contribution in [2.45, 2.75) is 65.3 Å². The van der Waals surface area contributed by atoms with E-state index in [0.717, 1.165) is 5.54 Å². The van der Waals surface area contributed by atoms with E-state index in [1.807, 2.05) is 0 Å². The SMILES string of the molecule is CCC[Si](C)(OC(C)C)C(C)C. The van der Waals surface area contributed by atoms with Crippen molar-refractivity contribution in [3.8, 4) is 0 Å². The van der Waals surface area contributed by atoms with Gasteiger partial charge < -0.3 is 4.43 Å². The van der Waals surface area contributed by atoms with Crippen LogP contribution < -0.4 is 0 Å². The van der Waals surface area contributed by atoms with Crippen LogP contribution in [0, 0.1) is 0 Å². The summed E-state index contributed by atoms with van der Waals surface area (Å²) >= 11 is 0. The Hall–Kier alpha value is 0.177. The molecule has 0 N–H and O–H groups in total. The minimum Gasteiger partial charge on any atom is -0.415 e. The summed E-state index contributed by atoms with van der Waals surface area (Å²) in [6.45, 7) is 13.5. The summed E-state index contributed by atoms with van der Waals surface area (Å²) in [5, 5.41) is 0. The van der Waals surface area contributed by atoms with Crippen molar-refractivity contribution in [1.29, 1.82) is 0 Å². The van der Waals surface area contributed by atoms with Crippen LogP contribution in [0.25, 0.3) is 0 Å². The largest absolute Gasteiger partial charge is 0.415 e. The third-order valence-corrected chi connectivity index (χ3v) is 7.42. The van der Waals surface area contributed by atoms with Gasteiger partial charge in [0.25, 0.3) is 0 Å². The molecule has 0 saturated carbocycles. The second kappa shape index (κ2) is 5.03. The molecule has 0 bridgehead atoms. The molecule has 1 atom stereocenters. The Balaban J connectivity index is 4.18. The van der Waals surface area contributed by atoms with Crippen LogP contribution in [0.2, 0.25) is 18.1 Å². The molecular weight excluding hydrogens is 164 g/mol. The van der Waals surface area contributed by atoms with Crippen molar-refractivity contribution < 1.29 is 4.43 Å². The van der Waals surface area contributed by atoms with Gasteiger partial charge in [0.15, 0.2) is 8.32 Å². The number of rotatable bonds is 5. The van der Waals surface area contributed by atoms with Crippen LogP contribution in [0.4, 0.5) is 0 Å². The molecule has 0 aliphatic heterocycles.